The number of hydrogen-bond acceptors (Lipinski definition) is 3. The third kappa shape index (κ3) is 4.40. The number of halogens is 3. The van der Waals surface area contributed by atoms with Gasteiger partial charge in [-0.25, -0.2) is 15.1 Å². The number of hydroxylamine groups is 1. The first kappa shape index (κ1) is 14.6. The van der Waals surface area contributed by atoms with Gasteiger partial charge < -0.3 is 10.0 Å². The molecule has 6 nitrogen and oxygen atoms in total. The monoisotopic (exact) mass is 270 g/mol. The first-order valence-electron chi connectivity index (χ1n) is 5.26. The fourth-order valence-electron chi connectivity index (χ4n) is 1.63. The van der Waals surface area contributed by atoms with Gasteiger partial charge in [-0.05, 0) is 12.8 Å². The van der Waals surface area contributed by atoms with E-state index in [4.69, 9.17) is 5.11 Å². The van der Waals surface area contributed by atoms with Gasteiger partial charge in [0.1, 0.15) is 0 Å². The molecule has 1 aliphatic heterocycles. The summed E-state index contributed by atoms with van der Waals surface area (Å²) in [5, 5.41) is 8.25. The van der Waals surface area contributed by atoms with Crippen LogP contribution < -0.4 is 5.48 Å². The Bertz CT molecular complexity index is 313. The Hall–Kier alpha value is -1.51. The van der Waals surface area contributed by atoms with Gasteiger partial charge in [-0.15, -0.1) is 0 Å². The number of carbonyl (C=O) groups excluding carboxylic acids is 1. The van der Waals surface area contributed by atoms with E-state index in [1.807, 2.05) is 5.48 Å². The van der Waals surface area contributed by atoms with Crippen molar-refractivity contribution < 1.29 is 32.7 Å². The third-order valence-electron chi connectivity index (χ3n) is 2.60. The van der Waals surface area contributed by atoms with Gasteiger partial charge in [-0.3, -0.25) is 4.84 Å². The predicted octanol–water partition coefficient (Wildman–Crippen LogP) is 0.986. The standard InChI is InChI=1S/C9H13F3N2O4/c10-9(11,12)6-1-3-14(4-2-6)8(17)13-18-5-7(15)16/h6H,1-5H2,(H,13,17)(H,15,16). The Morgan fingerprint density at radius 1 is 1.33 bits per heavy atom. The molecule has 0 atom stereocenters. The van der Waals surface area contributed by atoms with Gasteiger partial charge >= 0.3 is 18.2 Å². The number of urea groups is 1. The molecular formula is C9H13F3N2O4. The SMILES string of the molecule is O=C(O)CONC(=O)N1CCC(C(F)(F)F)CC1. The minimum absolute atomic E-state index is 0.0353. The molecule has 1 aliphatic rings. The van der Waals surface area contributed by atoms with Crippen LogP contribution in [0.25, 0.3) is 0 Å². The van der Waals surface area contributed by atoms with Crippen molar-refractivity contribution in [1.82, 2.24) is 10.4 Å². The number of nitrogens with one attached hydrogen (secondary N) is 1. The Morgan fingerprint density at radius 2 is 1.89 bits per heavy atom. The van der Waals surface area contributed by atoms with E-state index in [0.29, 0.717) is 0 Å². The lowest BCUT2D eigenvalue weighted by Crippen LogP contribution is -2.46. The Kier molecular flexibility index (Phi) is 4.76. The number of carboxylic acids is 1. The number of alkyl halides is 3. The number of carbonyl (C=O) groups is 2. The summed E-state index contributed by atoms with van der Waals surface area (Å²) in [7, 11) is 0. The van der Waals surface area contributed by atoms with E-state index in [0.717, 1.165) is 4.90 Å². The summed E-state index contributed by atoms with van der Waals surface area (Å²) in [6, 6.07) is -0.725. The first-order chi connectivity index (χ1) is 8.30. The van der Waals surface area contributed by atoms with Crippen molar-refractivity contribution in [2.75, 3.05) is 19.7 Å². The Balaban J connectivity index is 2.30. The molecule has 0 aromatic heterocycles. The number of hydrogen-bond donors (Lipinski definition) is 2. The van der Waals surface area contributed by atoms with Gasteiger partial charge in [-0.1, -0.05) is 0 Å². The maximum atomic E-state index is 12.4. The average molecular weight is 270 g/mol. The van der Waals surface area contributed by atoms with Crippen LogP contribution in [0.4, 0.5) is 18.0 Å². The van der Waals surface area contributed by atoms with E-state index in [1.54, 1.807) is 0 Å². The van der Waals surface area contributed by atoms with Crippen LogP contribution in [0.15, 0.2) is 0 Å². The molecule has 0 aromatic rings. The molecule has 18 heavy (non-hydrogen) atoms. The number of nitrogens with zero attached hydrogens (tertiary/aromatic N) is 1. The molecule has 1 fully saturated rings. The van der Waals surface area contributed by atoms with E-state index in [9.17, 15) is 22.8 Å². The quantitative estimate of drug-likeness (QED) is 0.749. The highest BCUT2D eigenvalue weighted by molar-refractivity contribution is 5.73. The van der Waals surface area contributed by atoms with Gasteiger partial charge in [0, 0.05) is 13.1 Å². The van der Waals surface area contributed by atoms with Crippen molar-refractivity contribution in [1.29, 1.82) is 0 Å². The van der Waals surface area contributed by atoms with Crippen LogP contribution in [-0.2, 0) is 9.63 Å². The largest absolute Gasteiger partial charge is 0.479 e. The zero-order valence-electron chi connectivity index (χ0n) is 9.37. The number of amides is 2. The maximum Gasteiger partial charge on any atom is 0.391 e. The lowest BCUT2D eigenvalue weighted by Gasteiger charge is -2.32. The van der Waals surface area contributed by atoms with Crippen LogP contribution in [0.2, 0.25) is 0 Å². The normalized spacial score (nSPS) is 17.6. The molecule has 0 aliphatic carbocycles. The van der Waals surface area contributed by atoms with Gasteiger partial charge in [-0.2, -0.15) is 13.2 Å². The fourth-order valence-corrected chi connectivity index (χ4v) is 1.63. The summed E-state index contributed by atoms with van der Waals surface area (Å²) in [6.07, 6.45) is -4.55. The smallest absolute Gasteiger partial charge is 0.391 e. The molecule has 104 valence electrons. The Labute approximate surface area is 101 Å². The number of likely N-dealkylation sites (tertiary alicyclic amines) is 1. The van der Waals surface area contributed by atoms with E-state index >= 15 is 0 Å². The van der Waals surface area contributed by atoms with Crippen molar-refractivity contribution in [3.05, 3.63) is 0 Å². The molecule has 0 radical (unpaired) electrons. The zero-order chi connectivity index (χ0) is 13.8. The zero-order valence-corrected chi connectivity index (χ0v) is 9.37. The molecule has 1 rings (SSSR count). The first-order valence-corrected chi connectivity index (χ1v) is 5.26. The van der Waals surface area contributed by atoms with Crippen molar-refractivity contribution in [2.45, 2.75) is 19.0 Å². The second-order valence-electron chi connectivity index (χ2n) is 3.89. The fraction of sp³-hybridized carbons (Fsp3) is 0.778. The predicted molar refractivity (Wildman–Crippen MR) is 52.5 cm³/mol. The minimum Gasteiger partial charge on any atom is -0.479 e. The third-order valence-corrected chi connectivity index (χ3v) is 2.60. The minimum atomic E-state index is -4.23. The molecule has 1 saturated heterocycles. The van der Waals surface area contributed by atoms with E-state index < -0.39 is 30.7 Å². The van der Waals surface area contributed by atoms with Crippen LogP contribution in [0.3, 0.4) is 0 Å². The van der Waals surface area contributed by atoms with Gasteiger partial charge in [0.15, 0.2) is 6.61 Å². The van der Waals surface area contributed by atoms with E-state index in [-0.39, 0.29) is 25.9 Å². The van der Waals surface area contributed by atoms with Gasteiger partial charge in [0.25, 0.3) is 0 Å². The van der Waals surface area contributed by atoms with Crippen molar-refractivity contribution in [3.63, 3.8) is 0 Å². The number of aliphatic carboxylic acids is 1. The van der Waals surface area contributed by atoms with E-state index in [2.05, 4.69) is 4.84 Å². The lowest BCUT2D eigenvalue weighted by atomic mass is 9.97. The molecule has 2 amide bonds. The molecule has 0 saturated carbocycles. The molecule has 9 heteroatoms. The summed E-state index contributed by atoms with van der Waals surface area (Å²) >= 11 is 0. The summed E-state index contributed by atoms with van der Waals surface area (Å²) in [5.74, 6) is -2.65. The van der Waals surface area contributed by atoms with Crippen molar-refractivity contribution in [3.8, 4) is 0 Å². The molecular weight excluding hydrogens is 257 g/mol. The summed E-state index contributed by atoms with van der Waals surface area (Å²) in [5.41, 5.74) is 1.86. The number of carboxylic acid groups (broad SMARTS) is 1. The van der Waals surface area contributed by atoms with Crippen LogP contribution in [0, 0.1) is 5.92 Å². The second kappa shape index (κ2) is 5.89. The second-order valence-corrected chi connectivity index (χ2v) is 3.89. The van der Waals surface area contributed by atoms with Crippen molar-refractivity contribution >= 4 is 12.0 Å². The molecule has 2 N–H and O–H groups in total. The average Bonchev–Trinajstić information content (AvgIpc) is 2.27. The molecule has 0 unspecified atom stereocenters. The highest BCUT2D eigenvalue weighted by Gasteiger charge is 2.41. The highest BCUT2D eigenvalue weighted by Crippen LogP contribution is 2.33. The van der Waals surface area contributed by atoms with Gasteiger partial charge in [0.05, 0.1) is 5.92 Å². The number of piperidine rings is 1. The lowest BCUT2D eigenvalue weighted by molar-refractivity contribution is -0.183. The molecule has 0 bridgehead atoms. The van der Waals surface area contributed by atoms with Crippen LogP contribution in [-0.4, -0.2) is 47.9 Å². The summed E-state index contributed by atoms with van der Waals surface area (Å²) in [4.78, 5) is 26.9. The Morgan fingerprint density at radius 3 is 2.33 bits per heavy atom. The van der Waals surface area contributed by atoms with Crippen LogP contribution in [0.5, 0.6) is 0 Å². The molecule has 1 heterocycles. The molecule has 0 aromatic carbocycles. The van der Waals surface area contributed by atoms with Gasteiger partial charge in [0.2, 0.25) is 0 Å². The highest BCUT2D eigenvalue weighted by atomic mass is 19.4. The molecule has 0 spiro atoms. The van der Waals surface area contributed by atoms with Crippen LogP contribution in [0.1, 0.15) is 12.8 Å². The van der Waals surface area contributed by atoms with Crippen LogP contribution >= 0.6 is 0 Å². The van der Waals surface area contributed by atoms with Crippen molar-refractivity contribution in [2.24, 2.45) is 5.92 Å². The summed E-state index contributed by atoms with van der Waals surface area (Å²) in [6.45, 7) is -0.774. The number of rotatable bonds is 3. The van der Waals surface area contributed by atoms with E-state index in [1.165, 1.54) is 0 Å². The summed E-state index contributed by atoms with van der Waals surface area (Å²) < 4.78 is 37.1. The maximum absolute atomic E-state index is 12.4. The topological polar surface area (TPSA) is 78.9 Å².